The minimum absolute atomic E-state index is 0.0664. The second kappa shape index (κ2) is 4.17. The summed E-state index contributed by atoms with van der Waals surface area (Å²) in [5.41, 5.74) is -0.0221. The molecule has 1 saturated heterocycles. The summed E-state index contributed by atoms with van der Waals surface area (Å²) >= 11 is 0. The number of hydrogen-bond acceptors (Lipinski definition) is 3. The molecule has 0 atom stereocenters. The lowest BCUT2D eigenvalue weighted by molar-refractivity contribution is -0.124. The van der Waals surface area contributed by atoms with Gasteiger partial charge in [-0.15, -0.1) is 0 Å². The van der Waals surface area contributed by atoms with Gasteiger partial charge in [0.15, 0.2) is 0 Å². The van der Waals surface area contributed by atoms with Crippen molar-refractivity contribution in [3.8, 4) is 0 Å². The molecular weight excluding hydrogens is 233 g/mol. The smallest absolute Gasteiger partial charge is 0.253 e. The Morgan fingerprint density at radius 3 is 2.78 bits per heavy atom. The number of benzene rings is 1. The summed E-state index contributed by atoms with van der Waals surface area (Å²) in [4.78, 5) is 16.6. The van der Waals surface area contributed by atoms with E-state index in [0.717, 1.165) is 13.1 Å². The number of rotatable bonds is 1. The Balaban J connectivity index is 1.95. The second-order valence-electron chi connectivity index (χ2n) is 4.71. The molecule has 2 aliphatic rings. The van der Waals surface area contributed by atoms with E-state index in [1.165, 1.54) is 12.1 Å². The zero-order valence-corrected chi connectivity index (χ0v) is 9.87. The van der Waals surface area contributed by atoms with Crippen molar-refractivity contribution < 1.29 is 9.18 Å². The van der Waals surface area contributed by atoms with Crippen molar-refractivity contribution in [2.24, 2.45) is 4.99 Å². The Hall–Kier alpha value is -1.75. The third-order valence-electron chi connectivity index (χ3n) is 3.51. The average Bonchev–Trinajstić information content (AvgIpc) is 2.68. The molecule has 0 aliphatic carbocycles. The van der Waals surface area contributed by atoms with Crippen molar-refractivity contribution >= 4 is 11.7 Å². The van der Waals surface area contributed by atoms with E-state index >= 15 is 0 Å². The largest absolute Gasteiger partial charge is 0.317 e. The summed E-state index contributed by atoms with van der Waals surface area (Å²) in [7, 11) is 0. The number of amidine groups is 1. The standard InChI is InChI=1S/C13H14FN3O/c14-10-3-1-2-9(8-10)11-16-12(18)13(17-11)4-6-15-7-5-13/h1-3,8,15H,4-7H2,(H,16,17,18). The molecule has 0 unspecified atom stereocenters. The fraction of sp³-hybridized carbons (Fsp3) is 0.385. The molecule has 18 heavy (non-hydrogen) atoms. The van der Waals surface area contributed by atoms with Gasteiger partial charge in [-0.3, -0.25) is 9.79 Å². The molecule has 4 nitrogen and oxygen atoms in total. The quantitative estimate of drug-likeness (QED) is 0.772. The summed E-state index contributed by atoms with van der Waals surface area (Å²) in [6, 6.07) is 6.13. The molecule has 2 N–H and O–H groups in total. The van der Waals surface area contributed by atoms with Crippen LogP contribution < -0.4 is 10.6 Å². The summed E-state index contributed by atoms with van der Waals surface area (Å²) < 4.78 is 13.2. The first-order chi connectivity index (χ1) is 8.70. The number of piperidine rings is 1. The molecule has 2 aliphatic heterocycles. The van der Waals surface area contributed by atoms with Gasteiger partial charge in [-0.25, -0.2) is 4.39 Å². The molecule has 94 valence electrons. The molecular formula is C13H14FN3O. The first kappa shape index (κ1) is 11.3. The van der Waals surface area contributed by atoms with Crippen molar-refractivity contribution in [3.63, 3.8) is 0 Å². The number of aliphatic imine (C=N–C) groups is 1. The lowest BCUT2D eigenvalue weighted by Crippen LogP contribution is -2.47. The molecule has 1 aromatic carbocycles. The number of carbonyl (C=O) groups is 1. The molecule has 5 heteroatoms. The van der Waals surface area contributed by atoms with Crippen LogP contribution in [-0.4, -0.2) is 30.4 Å². The highest BCUT2D eigenvalue weighted by molar-refractivity contribution is 6.15. The molecule has 1 fully saturated rings. The van der Waals surface area contributed by atoms with Gasteiger partial charge in [-0.1, -0.05) is 12.1 Å². The van der Waals surface area contributed by atoms with E-state index in [0.29, 0.717) is 24.2 Å². The fourth-order valence-electron chi connectivity index (χ4n) is 2.47. The van der Waals surface area contributed by atoms with Crippen LogP contribution in [0.2, 0.25) is 0 Å². The first-order valence-corrected chi connectivity index (χ1v) is 6.08. The lowest BCUT2D eigenvalue weighted by Gasteiger charge is -2.28. The molecule has 0 saturated carbocycles. The predicted octanol–water partition coefficient (Wildman–Crippen LogP) is 0.824. The van der Waals surface area contributed by atoms with Crippen LogP contribution in [0.25, 0.3) is 0 Å². The SMILES string of the molecule is O=C1NC(c2cccc(F)c2)=NC12CCNCC2. The highest BCUT2D eigenvalue weighted by atomic mass is 19.1. The second-order valence-corrected chi connectivity index (χ2v) is 4.71. The van der Waals surface area contributed by atoms with Crippen LogP contribution in [0.5, 0.6) is 0 Å². The Labute approximate surface area is 104 Å². The van der Waals surface area contributed by atoms with Crippen LogP contribution in [0.3, 0.4) is 0 Å². The highest BCUT2D eigenvalue weighted by Gasteiger charge is 2.44. The van der Waals surface area contributed by atoms with Gasteiger partial charge in [0.05, 0.1) is 0 Å². The minimum Gasteiger partial charge on any atom is -0.317 e. The van der Waals surface area contributed by atoms with E-state index in [-0.39, 0.29) is 11.7 Å². The van der Waals surface area contributed by atoms with Gasteiger partial charge in [0.1, 0.15) is 17.2 Å². The van der Waals surface area contributed by atoms with E-state index in [1.807, 2.05) is 0 Å². The Morgan fingerprint density at radius 2 is 2.06 bits per heavy atom. The number of carbonyl (C=O) groups excluding carboxylic acids is 1. The van der Waals surface area contributed by atoms with Crippen molar-refractivity contribution in [2.45, 2.75) is 18.4 Å². The Kier molecular flexibility index (Phi) is 2.63. The molecule has 0 aromatic heterocycles. The monoisotopic (exact) mass is 247 g/mol. The zero-order valence-electron chi connectivity index (χ0n) is 9.87. The first-order valence-electron chi connectivity index (χ1n) is 6.08. The van der Waals surface area contributed by atoms with Crippen molar-refractivity contribution in [1.82, 2.24) is 10.6 Å². The van der Waals surface area contributed by atoms with Crippen LogP contribution in [-0.2, 0) is 4.79 Å². The van der Waals surface area contributed by atoms with E-state index in [9.17, 15) is 9.18 Å². The third kappa shape index (κ3) is 1.80. The molecule has 0 bridgehead atoms. The third-order valence-corrected chi connectivity index (χ3v) is 3.51. The number of nitrogens with one attached hydrogen (secondary N) is 2. The molecule has 1 aromatic rings. The van der Waals surface area contributed by atoms with E-state index in [2.05, 4.69) is 15.6 Å². The summed E-state index contributed by atoms with van der Waals surface area (Å²) in [5.74, 6) is 0.0976. The Bertz CT molecular complexity index is 521. The maximum atomic E-state index is 13.2. The van der Waals surface area contributed by atoms with Gasteiger partial charge >= 0.3 is 0 Å². The van der Waals surface area contributed by atoms with Crippen molar-refractivity contribution in [2.75, 3.05) is 13.1 Å². The number of amides is 1. The molecule has 0 radical (unpaired) electrons. The van der Waals surface area contributed by atoms with Gasteiger partial charge in [-0.2, -0.15) is 0 Å². The van der Waals surface area contributed by atoms with Crippen LogP contribution in [0.4, 0.5) is 4.39 Å². The van der Waals surface area contributed by atoms with Gasteiger partial charge in [0.2, 0.25) is 0 Å². The maximum Gasteiger partial charge on any atom is 0.253 e. The Morgan fingerprint density at radius 1 is 1.28 bits per heavy atom. The van der Waals surface area contributed by atoms with E-state index < -0.39 is 5.54 Å². The molecule has 2 heterocycles. The average molecular weight is 247 g/mol. The number of hydrogen-bond donors (Lipinski definition) is 2. The zero-order chi connectivity index (χ0) is 12.6. The van der Waals surface area contributed by atoms with Crippen LogP contribution in [0.15, 0.2) is 29.3 Å². The summed E-state index contributed by atoms with van der Waals surface area (Å²) in [6.45, 7) is 1.57. The van der Waals surface area contributed by atoms with Crippen LogP contribution >= 0.6 is 0 Å². The van der Waals surface area contributed by atoms with Crippen LogP contribution in [0, 0.1) is 5.82 Å². The van der Waals surface area contributed by atoms with Crippen molar-refractivity contribution in [1.29, 1.82) is 0 Å². The van der Waals surface area contributed by atoms with E-state index in [4.69, 9.17) is 0 Å². The topological polar surface area (TPSA) is 53.5 Å². The van der Waals surface area contributed by atoms with Gasteiger partial charge in [0.25, 0.3) is 5.91 Å². The van der Waals surface area contributed by atoms with Gasteiger partial charge in [0, 0.05) is 5.56 Å². The molecule has 1 spiro atoms. The maximum absolute atomic E-state index is 13.2. The molecule has 1 amide bonds. The normalized spacial score (nSPS) is 21.8. The van der Waals surface area contributed by atoms with Gasteiger partial charge in [-0.05, 0) is 38.1 Å². The van der Waals surface area contributed by atoms with Crippen LogP contribution in [0.1, 0.15) is 18.4 Å². The minimum atomic E-state index is -0.646. The van der Waals surface area contributed by atoms with Crippen molar-refractivity contribution in [3.05, 3.63) is 35.6 Å². The van der Waals surface area contributed by atoms with Gasteiger partial charge < -0.3 is 10.6 Å². The highest BCUT2D eigenvalue weighted by Crippen LogP contribution is 2.28. The van der Waals surface area contributed by atoms with E-state index in [1.54, 1.807) is 12.1 Å². The summed E-state index contributed by atoms with van der Waals surface area (Å²) in [6.07, 6.45) is 1.38. The number of nitrogens with zero attached hydrogens (tertiary/aromatic N) is 1. The molecule has 3 rings (SSSR count). The number of halogens is 1. The summed E-state index contributed by atoms with van der Waals surface area (Å²) in [5, 5.41) is 5.99. The lowest BCUT2D eigenvalue weighted by atomic mass is 9.89. The predicted molar refractivity (Wildman–Crippen MR) is 65.9 cm³/mol. The fourth-order valence-corrected chi connectivity index (χ4v) is 2.47.